The molecule has 0 bridgehead atoms. The molecule has 1 rings (SSSR count). The molecule has 1 heterocycles. The van der Waals surface area contributed by atoms with Crippen LogP contribution in [0.3, 0.4) is 0 Å². The van der Waals surface area contributed by atoms with Crippen molar-refractivity contribution in [2.75, 3.05) is 0 Å². The Kier molecular flexibility index (Phi) is 2.25. The molecule has 0 amide bonds. The van der Waals surface area contributed by atoms with Gasteiger partial charge in [0.2, 0.25) is 0 Å². The van der Waals surface area contributed by atoms with Crippen LogP contribution in [0.4, 0.5) is 0 Å². The second kappa shape index (κ2) is 2.84. The fourth-order valence-corrected chi connectivity index (χ4v) is 1.11. The lowest BCUT2D eigenvalue weighted by molar-refractivity contribution is -0.216. The van der Waals surface area contributed by atoms with Gasteiger partial charge in [-0.15, -0.1) is 0 Å². The van der Waals surface area contributed by atoms with Gasteiger partial charge in [0.25, 0.3) is 0 Å². The lowest BCUT2D eigenvalue weighted by atomic mass is 10.0. The van der Waals surface area contributed by atoms with Gasteiger partial charge in [-0.25, -0.2) is 0 Å². The molecule has 0 aliphatic carbocycles. The molecule has 0 spiro atoms. The van der Waals surface area contributed by atoms with Crippen LogP contribution in [0.25, 0.3) is 0 Å². The Hall–Kier alpha value is -0.160. The van der Waals surface area contributed by atoms with Crippen molar-refractivity contribution in [3.8, 4) is 0 Å². The Bertz CT molecular complexity index is 108. The summed E-state index contributed by atoms with van der Waals surface area (Å²) in [6.07, 6.45) is -1.51. The van der Waals surface area contributed by atoms with Gasteiger partial charge < -0.3 is 20.7 Å². The van der Waals surface area contributed by atoms with E-state index in [0.29, 0.717) is 6.42 Å². The monoisotopic (exact) mass is 147 g/mol. The maximum Gasteiger partial charge on any atom is 0.182 e. The van der Waals surface area contributed by atoms with Gasteiger partial charge in [0, 0.05) is 6.04 Å². The van der Waals surface area contributed by atoms with E-state index in [0.717, 1.165) is 0 Å². The van der Waals surface area contributed by atoms with E-state index in [2.05, 4.69) is 0 Å². The first-order valence-corrected chi connectivity index (χ1v) is 3.38. The van der Waals surface area contributed by atoms with E-state index in [1.54, 1.807) is 0 Å². The highest BCUT2D eigenvalue weighted by atomic mass is 16.6. The number of nitrogens with two attached hydrogens (primary N) is 1. The second-order valence-corrected chi connectivity index (χ2v) is 2.73. The Morgan fingerprint density at radius 1 is 1.50 bits per heavy atom. The smallest absolute Gasteiger partial charge is 0.182 e. The van der Waals surface area contributed by atoms with Gasteiger partial charge in [-0.2, -0.15) is 0 Å². The van der Waals surface area contributed by atoms with Crippen LogP contribution in [-0.4, -0.2) is 34.8 Å². The van der Waals surface area contributed by atoms with Crippen molar-refractivity contribution < 1.29 is 14.9 Å². The normalized spacial score (nSPS) is 49.2. The summed E-state index contributed by atoms with van der Waals surface area (Å²) >= 11 is 0. The van der Waals surface area contributed by atoms with Crippen molar-refractivity contribution in [1.29, 1.82) is 0 Å². The molecule has 60 valence electrons. The van der Waals surface area contributed by atoms with Crippen LogP contribution in [-0.2, 0) is 4.74 Å². The third-order valence-electron chi connectivity index (χ3n) is 1.71. The number of rotatable bonds is 0. The predicted molar refractivity (Wildman–Crippen MR) is 35.2 cm³/mol. The standard InChI is InChI=1S/C6H13NO3/c1-3-2-4(7)5(8)6(9)10-3/h3-6,8-9H,2,7H2,1H3/t3-,4+,5-,6+/m1/s1. The molecule has 4 atom stereocenters. The zero-order valence-electron chi connectivity index (χ0n) is 5.90. The zero-order valence-corrected chi connectivity index (χ0v) is 5.90. The quantitative estimate of drug-likeness (QED) is 0.402. The largest absolute Gasteiger partial charge is 0.386 e. The summed E-state index contributed by atoms with van der Waals surface area (Å²) in [5.74, 6) is 0. The third-order valence-corrected chi connectivity index (χ3v) is 1.71. The average Bonchev–Trinajstić information content (AvgIpc) is 1.82. The summed E-state index contributed by atoms with van der Waals surface area (Å²) in [4.78, 5) is 0. The molecule has 1 fully saturated rings. The van der Waals surface area contributed by atoms with Crippen LogP contribution in [0.2, 0.25) is 0 Å². The Labute approximate surface area is 59.6 Å². The van der Waals surface area contributed by atoms with Gasteiger partial charge in [-0.05, 0) is 13.3 Å². The van der Waals surface area contributed by atoms with E-state index in [9.17, 15) is 0 Å². The highest BCUT2D eigenvalue weighted by Gasteiger charge is 2.32. The first-order valence-electron chi connectivity index (χ1n) is 3.38. The molecule has 1 aliphatic heterocycles. The fraction of sp³-hybridized carbons (Fsp3) is 1.00. The third kappa shape index (κ3) is 1.46. The van der Waals surface area contributed by atoms with Crippen molar-refractivity contribution >= 4 is 0 Å². The summed E-state index contributed by atoms with van der Waals surface area (Å²) in [5, 5.41) is 18.0. The highest BCUT2D eigenvalue weighted by Crippen LogP contribution is 2.16. The minimum Gasteiger partial charge on any atom is -0.386 e. The average molecular weight is 147 g/mol. The fourth-order valence-electron chi connectivity index (χ4n) is 1.11. The summed E-state index contributed by atoms with van der Waals surface area (Å²) < 4.78 is 4.89. The van der Waals surface area contributed by atoms with Crippen molar-refractivity contribution in [3.05, 3.63) is 0 Å². The molecule has 10 heavy (non-hydrogen) atoms. The van der Waals surface area contributed by atoms with Gasteiger partial charge >= 0.3 is 0 Å². The topological polar surface area (TPSA) is 75.7 Å². The van der Waals surface area contributed by atoms with Crippen LogP contribution >= 0.6 is 0 Å². The Morgan fingerprint density at radius 2 is 2.10 bits per heavy atom. The number of aliphatic hydroxyl groups is 2. The molecule has 1 saturated heterocycles. The van der Waals surface area contributed by atoms with E-state index in [4.69, 9.17) is 20.7 Å². The maximum absolute atomic E-state index is 9.06. The Balaban J connectivity index is 2.49. The van der Waals surface area contributed by atoms with Crippen LogP contribution in [0.5, 0.6) is 0 Å². The van der Waals surface area contributed by atoms with Crippen LogP contribution in [0.1, 0.15) is 13.3 Å². The van der Waals surface area contributed by atoms with E-state index >= 15 is 0 Å². The number of hydrogen-bond donors (Lipinski definition) is 3. The van der Waals surface area contributed by atoms with Crippen LogP contribution in [0, 0.1) is 0 Å². The van der Waals surface area contributed by atoms with Gasteiger partial charge in [-0.3, -0.25) is 0 Å². The number of hydrogen-bond acceptors (Lipinski definition) is 4. The SMILES string of the molecule is C[C@@H]1C[C@H](N)[C@@H](O)[C@@H](O)O1. The van der Waals surface area contributed by atoms with Gasteiger partial charge in [-0.1, -0.05) is 0 Å². The molecule has 0 radical (unpaired) electrons. The molecular formula is C6H13NO3. The lowest BCUT2D eigenvalue weighted by Gasteiger charge is -2.33. The molecule has 0 saturated carbocycles. The molecular weight excluding hydrogens is 134 g/mol. The lowest BCUT2D eigenvalue weighted by Crippen LogP contribution is -2.51. The Morgan fingerprint density at radius 3 is 2.60 bits per heavy atom. The van der Waals surface area contributed by atoms with Gasteiger partial charge in [0.15, 0.2) is 6.29 Å². The molecule has 0 unspecified atom stereocenters. The number of ether oxygens (including phenoxy) is 1. The van der Waals surface area contributed by atoms with Crippen molar-refractivity contribution in [2.24, 2.45) is 5.73 Å². The summed E-state index contributed by atoms with van der Waals surface area (Å²) in [6.45, 7) is 1.81. The summed E-state index contributed by atoms with van der Waals surface area (Å²) in [7, 11) is 0. The molecule has 1 aliphatic rings. The van der Waals surface area contributed by atoms with Crippen molar-refractivity contribution in [2.45, 2.75) is 37.9 Å². The van der Waals surface area contributed by atoms with Crippen LogP contribution < -0.4 is 5.73 Å². The molecule has 4 heteroatoms. The molecule has 4 N–H and O–H groups in total. The van der Waals surface area contributed by atoms with Gasteiger partial charge in [0.1, 0.15) is 6.10 Å². The van der Waals surface area contributed by atoms with Crippen LogP contribution in [0.15, 0.2) is 0 Å². The minimum absolute atomic E-state index is 0.0617. The summed E-state index contributed by atoms with van der Waals surface area (Å²) in [5.41, 5.74) is 5.47. The van der Waals surface area contributed by atoms with E-state index in [1.807, 2.05) is 6.92 Å². The molecule has 0 aromatic heterocycles. The van der Waals surface area contributed by atoms with E-state index in [1.165, 1.54) is 0 Å². The second-order valence-electron chi connectivity index (χ2n) is 2.73. The molecule has 4 nitrogen and oxygen atoms in total. The predicted octanol–water partition coefficient (Wildman–Crippen LogP) is -1.20. The van der Waals surface area contributed by atoms with E-state index < -0.39 is 12.4 Å². The number of aliphatic hydroxyl groups excluding tert-OH is 2. The first kappa shape index (κ1) is 7.94. The maximum atomic E-state index is 9.06. The van der Waals surface area contributed by atoms with Crippen molar-refractivity contribution in [3.63, 3.8) is 0 Å². The molecule has 0 aromatic rings. The highest BCUT2D eigenvalue weighted by molar-refractivity contribution is 4.81. The van der Waals surface area contributed by atoms with E-state index in [-0.39, 0.29) is 12.1 Å². The van der Waals surface area contributed by atoms with Crippen molar-refractivity contribution in [1.82, 2.24) is 0 Å². The minimum atomic E-state index is -1.11. The zero-order chi connectivity index (χ0) is 7.72. The first-order chi connectivity index (χ1) is 4.61. The van der Waals surface area contributed by atoms with Gasteiger partial charge in [0.05, 0.1) is 6.10 Å². The summed E-state index contributed by atoms with van der Waals surface area (Å²) in [6, 6.07) is -0.362. The molecule has 0 aromatic carbocycles.